The molecule has 0 aliphatic carbocycles. The summed E-state index contributed by atoms with van der Waals surface area (Å²) in [5.41, 5.74) is -0.230. The zero-order valence-electron chi connectivity index (χ0n) is 18.3. The van der Waals surface area contributed by atoms with Crippen molar-refractivity contribution in [3.8, 4) is 0 Å². The van der Waals surface area contributed by atoms with Crippen LogP contribution in [0.3, 0.4) is 0 Å². The Labute approximate surface area is 187 Å². The highest BCUT2D eigenvalue weighted by molar-refractivity contribution is 14.0. The van der Waals surface area contributed by atoms with E-state index < -0.39 is 0 Å². The number of piperazine rings is 1. The molecular weight excluding hydrogens is 469 g/mol. The topological polar surface area (TPSA) is 68.2 Å². The molecule has 2 heterocycles. The third kappa shape index (κ3) is 6.22. The minimum absolute atomic E-state index is 0. The zero-order chi connectivity index (χ0) is 20.2. The molecule has 28 heavy (non-hydrogen) atoms. The number of likely N-dealkylation sites (tertiary alicyclic amines) is 1. The van der Waals surface area contributed by atoms with Gasteiger partial charge in [-0.05, 0) is 53.4 Å². The third-order valence-corrected chi connectivity index (χ3v) is 5.53. The first-order valence-electron chi connectivity index (χ1n) is 10.3. The molecule has 8 heteroatoms. The van der Waals surface area contributed by atoms with Gasteiger partial charge in [-0.3, -0.25) is 14.6 Å². The lowest BCUT2D eigenvalue weighted by Crippen LogP contribution is -2.66. The van der Waals surface area contributed by atoms with E-state index in [0.29, 0.717) is 12.5 Å². The first kappa shape index (κ1) is 25.0. The Hall–Kier alpha value is -1.06. The van der Waals surface area contributed by atoms with Crippen LogP contribution < -0.4 is 5.32 Å². The van der Waals surface area contributed by atoms with Gasteiger partial charge in [-0.15, -0.1) is 24.0 Å². The summed E-state index contributed by atoms with van der Waals surface area (Å²) in [5.74, 6) is 1.64. The van der Waals surface area contributed by atoms with Crippen LogP contribution in [0.25, 0.3) is 0 Å². The highest BCUT2D eigenvalue weighted by atomic mass is 127. The number of carbonyl (C=O) groups excluding carboxylic acids is 2. The monoisotopic (exact) mass is 507 g/mol. The lowest BCUT2D eigenvalue weighted by atomic mass is 9.96. The number of carbonyl (C=O) groups is 2. The summed E-state index contributed by atoms with van der Waals surface area (Å²) < 4.78 is 0. The first-order chi connectivity index (χ1) is 12.7. The smallest absolute Gasteiger partial charge is 0.242 e. The van der Waals surface area contributed by atoms with Gasteiger partial charge in [0.15, 0.2) is 5.96 Å². The van der Waals surface area contributed by atoms with Crippen molar-refractivity contribution in [1.29, 1.82) is 0 Å². The number of hydrogen-bond donors (Lipinski definition) is 1. The number of nitrogens with one attached hydrogen (secondary N) is 1. The fourth-order valence-corrected chi connectivity index (χ4v) is 4.38. The van der Waals surface area contributed by atoms with E-state index >= 15 is 0 Å². The maximum Gasteiger partial charge on any atom is 0.242 e. The molecule has 2 aliphatic heterocycles. The van der Waals surface area contributed by atoms with Crippen molar-refractivity contribution in [3.05, 3.63) is 0 Å². The normalized spacial score (nSPS) is 21.0. The average Bonchev–Trinajstić information content (AvgIpc) is 2.57. The van der Waals surface area contributed by atoms with Gasteiger partial charge in [0.2, 0.25) is 11.8 Å². The van der Waals surface area contributed by atoms with Crippen molar-refractivity contribution in [2.24, 2.45) is 10.9 Å². The molecule has 1 N–H and O–H groups in total. The van der Waals surface area contributed by atoms with Crippen LogP contribution in [0, 0.1) is 5.92 Å². The van der Waals surface area contributed by atoms with Gasteiger partial charge in [0, 0.05) is 45.7 Å². The highest BCUT2D eigenvalue weighted by Crippen LogP contribution is 2.25. The molecule has 0 aromatic carbocycles. The van der Waals surface area contributed by atoms with Crippen molar-refractivity contribution in [2.75, 3.05) is 39.3 Å². The van der Waals surface area contributed by atoms with Crippen LogP contribution in [0.1, 0.15) is 54.4 Å². The van der Waals surface area contributed by atoms with E-state index in [9.17, 15) is 9.59 Å². The Bertz CT molecular complexity index is 571. The number of rotatable bonds is 4. The van der Waals surface area contributed by atoms with Gasteiger partial charge in [-0.25, -0.2) is 0 Å². The second kappa shape index (κ2) is 10.6. The minimum Gasteiger partial charge on any atom is -0.357 e. The maximum atomic E-state index is 12.7. The van der Waals surface area contributed by atoms with E-state index in [4.69, 9.17) is 4.99 Å². The van der Waals surface area contributed by atoms with Crippen molar-refractivity contribution >= 4 is 41.8 Å². The number of piperidine rings is 1. The molecule has 0 aromatic heterocycles. The van der Waals surface area contributed by atoms with Gasteiger partial charge in [-0.1, -0.05) is 0 Å². The molecule has 0 atom stereocenters. The van der Waals surface area contributed by atoms with Gasteiger partial charge in [0.1, 0.15) is 0 Å². The van der Waals surface area contributed by atoms with Crippen LogP contribution in [-0.4, -0.2) is 83.3 Å². The second-order valence-corrected chi connectivity index (χ2v) is 8.67. The molecule has 162 valence electrons. The summed E-state index contributed by atoms with van der Waals surface area (Å²) >= 11 is 0. The molecule has 7 nitrogen and oxygen atoms in total. The van der Waals surface area contributed by atoms with Gasteiger partial charge in [-0.2, -0.15) is 0 Å². The molecule has 2 fully saturated rings. The molecule has 2 amide bonds. The Morgan fingerprint density at radius 2 is 1.86 bits per heavy atom. The van der Waals surface area contributed by atoms with E-state index in [2.05, 4.69) is 44.8 Å². The SMILES string of the molecule is CCNC(=NCC1CCN(C(C)=O)CC1)N1CC(=O)N(C(C)C)C(C)(C)C1.I. The molecule has 2 aliphatic rings. The second-order valence-electron chi connectivity index (χ2n) is 8.67. The van der Waals surface area contributed by atoms with Crippen molar-refractivity contribution in [3.63, 3.8) is 0 Å². The number of amides is 2. The Kier molecular flexibility index (Phi) is 9.49. The van der Waals surface area contributed by atoms with Crippen LogP contribution in [0.5, 0.6) is 0 Å². The Morgan fingerprint density at radius 1 is 1.25 bits per heavy atom. The van der Waals surface area contributed by atoms with Crippen molar-refractivity contribution in [1.82, 2.24) is 20.0 Å². The largest absolute Gasteiger partial charge is 0.357 e. The summed E-state index contributed by atoms with van der Waals surface area (Å²) in [4.78, 5) is 35.1. The van der Waals surface area contributed by atoms with Crippen LogP contribution in [0.2, 0.25) is 0 Å². The molecule has 2 rings (SSSR count). The molecule has 0 unspecified atom stereocenters. The molecule has 0 radical (unpaired) electrons. The van der Waals surface area contributed by atoms with Crippen LogP contribution in [0.4, 0.5) is 0 Å². The molecule has 0 saturated carbocycles. The number of hydrogen-bond acceptors (Lipinski definition) is 3. The van der Waals surface area contributed by atoms with Crippen molar-refractivity contribution in [2.45, 2.75) is 66.0 Å². The number of nitrogens with zero attached hydrogens (tertiary/aromatic N) is 4. The standard InChI is InChI=1S/C20H37N5O2.HI/c1-7-21-19(22-12-17-8-10-23(11-9-17)16(4)26)24-13-18(27)25(15(2)3)20(5,6)14-24;/h15,17H,7-14H2,1-6H3,(H,21,22);1H. The average molecular weight is 507 g/mol. The van der Waals surface area contributed by atoms with Crippen LogP contribution in [0.15, 0.2) is 4.99 Å². The summed E-state index contributed by atoms with van der Waals surface area (Å²) in [6.45, 7) is 16.4. The predicted octanol–water partition coefficient (Wildman–Crippen LogP) is 2.16. The lowest BCUT2D eigenvalue weighted by molar-refractivity contribution is -0.145. The summed E-state index contributed by atoms with van der Waals surface area (Å²) in [5, 5.41) is 3.36. The number of guanidine groups is 1. The van der Waals surface area contributed by atoms with E-state index in [1.54, 1.807) is 6.92 Å². The summed E-state index contributed by atoms with van der Waals surface area (Å²) in [6.07, 6.45) is 1.99. The van der Waals surface area contributed by atoms with Gasteiger partial charge in [0.25, 0.3) is 0 Å². The fourth-order valence-electron chi connectivity index (χ4n) is 4.38. The fraction of sp³-hybridized carbons (Fsp3) is 0.850. The quantitative estimate of drug-likeness (QED) is 0.360. The number of aliphatic imine (C=N–C) groups is 1. The van der Waals surface area contributed by atoms with Crippen LogP contribution in [-0.2, 0) is 9.59 Å². The molecule has 0 bridgehead atoms. The van der Waals surface area contributed by atoms with Crippen LogP contribution >= 0.6 is 24.0 Å². The summed E-state index contributed by atoms with van der Waals surface area (Å²) in [6, 6.07) is 0.195. The molecular formula is C20H38IN5O2. The molecule has 2 saturated heterocycles. The predicted molar refractivity (Wildman–Crippen MR) is 124 cm³/mol. The van der Waals surface area contributed by atoms with E-state index in [1.165, 1.54) is 0 Å². The van der Waals surface area contributed by atoms with Gasteiger partial charge >= 0.3 is 0 Å². The van der Waals surface area contributed by atoms with Gasteiger partial charge < -0.3 is 20.0 Å². The maximum absolute atomic E-state index is 12.7. The lowest BCUT2D eigenvalue weighted by Gasteiger charge is -2.49. The zero-order valence-corrected chi connectivity index (χ0v) is 20.7. The molecule has 0 spiro atoms. The third-order valence-electron chi connectivity index (χ3n) is 5.53. The highest BCUT2D eigenvalue weighted by Gasteiger charge is 2.40. The van der Waals surface area contributed by atoms with E-state index in [0.717, 1.165) is 51.5 Å². The van der Waals surface area contributed by atoms with Gasteiger partial charge in [0.05, 0.1) is 12.1 Å². The van der Waals surface area contributed by atoms with E-state index in [1.807, 2.05) is 9.80 Å². The van der Waals surface area contributed by atoms with Crippen molar-refractivity contribution < 1.29 is 9.59 Å². The molecule has 0 aromatic rings. The first-order valence-corrected chi connectivity index (χ1v) is 10.3. The Morgan fingerprint density at radius 3 is 2.32 bits per heavy atom. The van der Waals surface area contributed by atoms with E-state index in [-0.39, 0.29) is 47.4 Å². The number of halogens is 1. The summed E-state index contributed by atoms with van der Waals surface area (Å²) in [7, 11) is 0. The Balaban J connectivity index is 0.00000392. The minimum atomic E-state index is -0.230.